The number of nitrogens with two attached hydrogens (primary N) is 1. The summed E-state index contributed by atoms with van der Waals surface area (Å²) in [7, 11) is 1.87. The topological polar surface area (TPSA) is 46.3 Å². The number of amides is 1. The van der Waals surface area contributed by atoms with E-state index in [4.69, 9.17) is 17.3 Å². The second-order valence-electron chi connectivity index (χ2n) is 4.21. The number of anilines is 1. The van der Waals surface area contributed by atoms with Crippen LogP contribution in [0.3, 0.4) is 0 Å². The van der Waals surface area contributed by atoms with Gasteiger partial charge in [0, 0.05) is 18.0 Å². The highest BCUT2D eigenvalue weighted by Gasteiger charge is 2.29. The Morgan fingerprint density at radius 2 is 2.29 bits per heavy atom. The van der Waals surface area contributed by atoms with Crippen LogP contribution >= 0.6 is 23.4 Å². The molecular formula is C12H15ClN2OS. The summed E-state index contributed by atoms with van der Waals surface area (Å²) < 4.78 is 0. The van der Waals surface area contributed by atoms with Crippen molar-refractivity contribution in [1.29, 1.82) is 0 Å². The lowest BCUT2D eigenvalue weighted by molar-refractivity contribution is -0.127. The highest BCUT2D eigenvalue weighted by Crippen LogP contribution is 2.28. The number of carbonyl (C=O) groups excluding carboxylic acids is 1. The average molecular weight is 271 g/mol. The zero-order valence-corrected chi connectivity index (χ0v) is 11.2. The van der Waals surface area contributed by atoms with Crippen LogP contribution in [0, 0.1) is 0 Å². The number of nitrogens with zero attached hydrogens (tertiary/aromatic N) is 1. The summed E-state index contributed by atoms with van der Waals surface area (Å²) in [5.74, 6) is 0.623. The molecule has 5 heteroatoms. The molecule has 1 aliphatic rings. The van der Waals surface area contributed by atoms with Gasteiger partial charge in [-0.3, -0.25) is 4.79 Å². The van der Waals surface area contributed by atoms with E-state index in [1.807, 2.05) is 18.0 Å². The van der Waals surface area contributed by atoms with E-state index < -0.39 is 0 Å². The van der Waals surface area contributed by atoms with Gasteiger partial charge in [0.05, 0.1) is 16.5 Å². The van der Waals surface area contributed by atoms with Crippen LogP contribution in [0.5, 0.6) is 0 Å². The molecule has 0 aliphatic heterocycles. The van der Waals surface area contributed by atoms with Crippen molar-refractivity contribution < 1.29 is 4.79 Å². The van der Waals surface area contributed by atoms with Crippen LogP contribution in [-0.4, -0.2) is 29.6 Å². The summed E-state index contributed by atoms with van der Waals surface area (Å²) in [6.07, 6.45) is 2.28. The highest BCUT2D eigenvalue weighted by molar-refractivity contribution is 8.00. The van der Waals surface area contributed by atoms with Crippen LogP contribution in [0.1, 0.15) is 12.8 Å². The standard InChI is InChI=1S/C12H15ClN2OS/c1-15(8-2-3-8)12(16)7-17-9-4-5-11(14)10(13)6-9/h4-6,8H,2-3,7,14H2,1H3. The molecule has 2 N–H and O–H groups in total. The number of rotatable bonds is 4. The number of nitrogen functional groups attached to an aromatic ring is 1. The summed E-state index contributed by atoms with van der Waals surface area (Å²) in [5, 5.41) is 0.540. The van der Waals surface area contributed by atoms with Crippen molar-refractivity contribution in [3.05, 3.63) is 23.2 Å². The molecule has 2 rings (SSSR count). The Labute approximate surface area is 110 Å². The van der Waals surface area contributed by atoms with E-state index >= 15 is 0 Å². The Kier molecular flexibility index (Phi) is 3.84. The van der Waals surface area contributed by atoms with Gasteiger partial charge in [-0.1, -0.05) is 11.6 Å². The van der Waals surface area contributed by atoms with E-state index in [0.29, 0.717) is 22.5 Å². The Hall–Kier alpha value is -0.870. The smallest absolute Gasteiger partial charge is 0.232 e. The molecule has 1 amide bonds. The first-order valence-corrected chi connectivity index (χ1v) is 6.88. The van der Waals surface area contributed by atoms with Gasteiger partial charge in [0.1, 0.15) is 0 Å². The van der Waals surface area contributed by atoms with Crippen LogP contribution in [-0.2, 0) is 4.79 Å². The lowest BCUT2D eigenvalue weighted by Crippen LogP contribution is -2.30. The predicted molar refractivity (Wildman–Crippen MR) is 72.4 cm³/mol. The Morgan fingerprint density at radius 1 is 1.59 bits per heavy atom. The van der Waals surface area contributed by atoms with Crippen LogP contribution < -0.4 is 5.73 Å². The molecule has 0 unspecified atom stereocenters. The number of benzene rings is 1. The van der Waals surface area contributed by atoms with Crippen molar-refractivity contribution in [3.63, 3.8) is 0 Å². The summed E-state index contributed by atoms with van der Waals surface area (Å²) >= 11 is 7.41. The van der Waals surface area contributed by atoms with Crippen molar-refractivity contribution in [1.82, 2.24) is 4.90 Å². The zero-order valence-electron chi connectivity index (χ0n) is 9.65. The van der Waals surface area contributed by atoms with Gasteiger partial charge >= 0.3 is 0 Å². The molecule has 0 spiro atoms. The van der Waals surface area contributed by atoms with Gasteiger partial charge in [-0.05, 0) is 31.0 Å². The molecule has 1 aliphatic carbocycles. The fourth-order valence-corrected chi connectivity index (χ4v) is 2.61. The van der Waals surface area contributed by atoms with E-state index in [1.165, 1.54) is 11.8 Å². The number of hydrogen-bond acceptors (Lipinski definition) is 3. The monoisotopic (exact) mass is 270 g/mol. The molecule has 3 nitrogen and oxygen atoms in total. The lowest BCUT2D eigenvalue weighted by atomic mass is 10.3. The number of halogens is 1. The van der Waals surface area contributed by atoms with Gasteiger partial charge in [-0.15, -0.1) is 11.8 Å². The van der Waals surface area contributed by atoms with Crippen LogP contribution in [0.25, 0.3) is 0 Å². The van der Waals surface area contributed by atoms with Crippen LogP contribution in [0.15, 0.2) is 23.1 Å². The molecule has 1 saturated carbocycles. The van der Waals surface area contributed by atoms with E-state index in [2.05, 4.69) is 0 Å². The fourth-order valence-electron chi connectivity index (χ4n) is 1.51. The first kappa shape index (κ1) is 12.6. The minimum Gasteiger partial charge on any atom is -0.398 e. The number of carbonyl (C=O) groups is 1. The van der Waals surface area contributed by atoms with E-state index in [-0.39, 0.29) is 5.91 Å². The Morgan fingerprint density at radius 3 is 2.88 bits per heavy atom. The normalized spacial score (nSPS) is 14.7. The molecular weight excluding hydrogens is 256 g/mol. The largest absolute Gasteiger partial charge is 0.398 e. The molecule has 92 valence electrons. The third-order valence-electron chi connectivity index (χ3n) is 2.82. The average Bonchev–Trinajstić information content (AvgIpc) is 3.13. The zero-order chi connectivity index (χ0) is 12.4. The molecule has 1 aromatic rings. The quantitative estimate of drug-likeness (QED) is 0.676. The maximum Gasteiger partial charge on any atom is 0.232 e. The van der Waals surface area contributed by atoms with Gasteiger partial charge in [0.15, 0.2) is 0 Å². The number of hydrogen-bond donors (Lipinski definition) is 1. The molecule has 0 radical (unpaired) electrons. The second-order valence-corrected chi connectivity index (χ2v) is 5.66. The lowest BCUT2D eigenvalue weighted by Gasteiger charge is -2.15. The van der Waals surface area contributed by atoms with Gasteiger partial charge in [0.25, 0.3) is 0 Å². The maximum absolute atomic E-state index is 11.8. The third-order valence-corrected chi connectivity index (χ3v) is 4.13. The van der Waals surface area contributed by atoms with Gasteiger partial charge in [-0.2, -0.15) is 0 Å². The summed E-state index contributed by atoms with van der Waals surface area (Å²) in [5.41, 5.74) is 6.19. The van der Waals surface area contributed by atoms with Gasteiger partial charge in [-0.25, -0.2) is 0 Å². The van der Waals surface area contributed by atoms with Crippen molar-refractivity contribution in [3.8, 4) is 0 Å². The van der Waals surface area contributed by atoms with E-state index in [0.717, 1.165) is 17.7 Å². The van der Waals surface area contributed by atoms with E-state index in [1.54, 1.807) is 12.1 Å². The van der Waals surface area contributed by atoms with Crippen molar-refractivity contribution in [2.24, 2.45) is 0 Å². The molecule has 0 bridgehead atoms. The van der Waals surface area contributed by atoms with Crippen LogP contribution in [0.4, 0.5) is 5.69 Å². The first-order valence-electron chi connectivity index (χ1n) is 5.51. The predicted octanol–water partition coefficient (Wildman–Crippen LogP) is 2.64. The maximum atomic E-state index is 11.8. The Balaban J connectivity index is 1.88. The van der Waals surface area contributed by atoms with Crippen molar-refractivity contribution in [2.45, 2.75) is 23.8 Å². The molecule has 0 atom stereocenters. The highest BCUT2D eigenvalue weighted by atomic mass is 35.5. The fraction of sp³-hybridized carbons (Fsp3) is 0.417. The molecule has 0 saturated heterocycles. The SMILES string of the molecule is CN(C(=O)CSc1ccc(N)c(Cl)c1)C1CC1. The van der Waals surface area contributed by atoms with E-state index in [9.17, 15) is 4.79 Å². The van der Waals surface area contributed by atoms with Crippen LogP contribution in [0.2, 0.25) is 5.02 Å². The molecule has 17 heavy (non-hydrogen) atoms. The summed E-state index contributed by atoms with van der Waals surface area (Å²) in [6, 6.07) is 5.92. The molecule has 1 fully saturated rings. The Bertz CT molecular complexity index is 435. The molecule has 0 aromatic heterocycles. The minimum absolute atomic E-state index is 0.172. The summed E-state index contributed by atoms with van der Waals surface area (Å²) in [4.78, 5) is 14.6. The second kappa shape index (κ2) is 5.19. The third kappa shape index (κ3) is 3.30. The van der Waals surface area contributed by atoms with Crippen molar-refractivity contribution >= 4 is 35.0 Å². The molecule has 1 aromatic carbocycles. The molecule has 0 heterocycles. The van der Waals surface area contributed by atoms with Gasteiger partial charge < -0.3 is 10.6 Å². The first-order chi connectivity index (χ1) is 8.08. The number of thioether (sulfide) groups is 1. The van der Waals surface area contributed by atoms with Gasteiger partial charge in [0.2, 0.25) is 5.91 Å². The van der Waals surface area contributed by atoms with Crippen molar-refractivity contribution in [2.75, 3.05) is 18.5 Å². The summed E-state index contributed by atoms with van der Waals surface area (Å²) in [6.45, 7) is 0. The minimum atomic E-state index is 0.172.